The highest BCUT2D eigenvalue weighted by Crippen LogP contribution is 2.82. The quantitative estimate of drug-likeness (QED) is 0.408. The third-order valence-corrected chi connectivity index (χ3v) is 13.1. The van der Waals surface area contributed by atoms with Crippen LogP contribution in [0.25, 0.3) is 0 Å². The molecule has 0 saturated heterocycles. The van der Waals surface area contributed by atoms with Crippen LogP contribution in [-0.2, 0) is 4.74 Å². The second-order valence-electron chi connectivity index (χ2n) is 14.0. The lowest BCUT2D eigenvalue weighted by Crippen LogP contribution is -2.57. The summed E-state index contributed by atoms with van der Waals surface area (Å²) in [7, 11) is 2.03. The van der Waals surface area contributed by atoms with Gasteiger partial charge < -0.3 is 4.74 Å². The zero-order valence-corrected chi connectivity index (χ0v) is 21.5. The molecule has 0 aromatic heterocycles. The van der Waals surface area contributed by atoms with Crippen LogP contribution < -0.4 is 0 Å². The normalized spacial score (nSPS) is 55.5. The topological polar surface area (TPSA) is 9.23 Å². The molecule has 1 spiro atoms. The fourth-order valence-electron chi connectivity index (χ4n) is 11.7. The Balaban J connectivity index is 1.22. The Bertz CT molecular complexity index is 794. The van der Waals surface area contributed by atoms with Crippen LogP contribution in [0.4, 0.5) is 0 Å². The zero-order valence-electron chi connectivity index (χ0n) is 21.5. The van der Waals surface area contributed by atoms with Crippen LogP contribution in [-0.4, -0.2) is 13.2 Å². The molecule has 5 fully saturated rings. The Morgan fingerprint density at radius 2 is 1.77 bits per heavy atom. The highest BCUT2D eigenvalue weighted by molar-refractivity contribution is 5.40. The van der Waals surface area contributed by atoms with E-state index in [9.17, 15) is 0 Å². The van der Waals surface area contributed by atoms with Crippen LogP contribution in [0, 0.1) is 63.6 Å². The second kappa shape index (κ2) is 6.64. The maximum atomic E-state index is 6.32. The molecule has 1 nitrogen and oxygen atoms in total. The monoisotopic (exact) mass is 424 g/mol. The molecule has 7 unspecified atom stereocenters. The van der Waals surface area contributed by atoms with E-state index in [1.807, 2.05) is 7.11 Å². The van der Waals surface area contributed by atoms with Crippen molar-refractivity contribution >= 4 is 0 Å². The molecular weight excluding hydrogens is 376 g/mol. The molecular formula is C30H48O. The first-order valence-corrected chi connectivity index (χ1v) is 13.9. The fraction of sp³-hybridized carbons (Fsp3) is 0.933. The van der Waals surface area contributed by atoms with Gasteiger partial charge >= 0.3 is 0 Å². The molecule has 11 atom stereocenters. The van der Waals surface area contributed by atoms with Crippen molar-refractivity contribution < 1.29 is 4.74 Å². The second-order valence-corrected chi connectivity index (χ2v) is 14.0. The van der Waals surface area contributed by atoms with E-state index in [4.69, 9.17) is 4.74 Å². The van der Waals surface area contributed by atoms with Gasteiger partial charge in [-0.25, -0.2) is 0 Å². The maximum Gasteiger partial charge on any atom is 0.0638 e. The summed E-state index contributed by atoms with van der Waals surface area (Å²) in [5.74, 6) is 7.32. The summed E-state index contributed by atoms with van der Waals surface area (Å²) in [6.07, 6.45) is 13.9. The van der Waals surface area contributed by atoms with Gasteiger partial charge in [0.1, 0.15) is 0 Å². The van der Waals surface area contributed by atoms with Crippen molar-refractivity contribution in [1.29, 1.82) is 0 Å². The number of hydrogen-bond donors (Lipinski definition) is 0. The van der Waals surface area contributed by atoms with E-state index >= 15 is 0 Å². The molecule has 0 N–H and O–H groups in total. The van der Waals surface area contributed by atoms with E-state index < -0.39 is 0 Å². The van der Waals surface area contributed by atoms with Gasteiger partial charge in [0.15, 0.2) is 0 Å². The zero-order chi connectivity index (χ0) is 21.9. The lowest BCUT2D eigenvalue weighted by Gasteiger charge is -2.61. The summed E-state index contributed by atoms with van der Waals surface area (Å²) in [4.78, 5) is 0. The van der Waals surface area contributed by atoms with Gasteiger partial charge in [-0.1, -0.05) is 45.8 Å². The average Bonchev–Trinajstić information content (AvgIpc) is 3.52. The predicted octanol–water partition coefficient (Wildman–Crippen LogP) is 7.90. The molecule has 0 aromatic carbocycles. The summed E-state index contributed by atoms with van der Waals surface area (Å²) in [6.45, 7) is 15.3. The van der Waals surface area contributed by atoms with Gasteiger partial charge in [0, 0.05) is 18.4 Å². The minimum absolute atomic E-state index is 0.553. The van der Waals surface area contributed by atoms with E-state index in [0.717, 1.165) is 47.3 Å². The Morgan fingerprint density at radius 1 is 1.00 bits per heavy atom. The van der Waals surface area contributed by atoms with Crippen molar-refractivity contribution in [2.75, 3.05) is 7.11 Å². The Labute approximate surface area is 192 Å². The molecule has 5 saturated carbocycles. The van der Waals surface area contributed by atoms with Crippen molar-refractivity contribution in [3.05, 3.63) is 11.1 Å². The number of ether oxygens (including phenoxy) is 1. The Morgan fingerprint density at radius 3 is 2.42 bits per heavy atom. The fourth-order valence-corrected chi connectivity index (χ4v) is 11.7. The number of rotatable bonds is 5. The highest BCUT2D eigenvalue weighted by atomic mass is 16.5. The molecule has 0 amide bonds. The molecule has 6 aliphatic rings. The van der Waals surface area contributed by atoms with Crippen LogP contribution in [0.2, 0.25) is 0 Å². The predicted molar refractivity (Wildman–Crippen MR) is 129 cm³/mol. The van der Waals surface area contributed by atoms with Crippen LogP contribution in [0.15, 0.2) is 11.1 Å². The van der Waals surface area contributed by atoms with Crippen molar-refractivity contribution in [2.45, 2.75) is 105 Å². The third-order valence-electron chi connectivity index (χ3n) is 13.1. The maximum absolute atomic E-state index is 6.32. The van der Waals surface area contributed by atoms with E-state index in [0.29, 0.717) is 22.3 Å². The molecule has 6 aliphatic carbocycles. The molecule has 0 aromatic rings. The van der Waals surface area contributed by atoms with Crippen molar-refractivity contribution in [2.24, 2.45) is 63.6 Å². The minimum Gasteiger partial charge on any atom is -0.381 e. The van der Waals surface area contributed by atoms with Crippen molar-refractivity contribution in [1.82, 2.24) is 0 Å². The lowest BCUT2D eigenvalue weighted by atomic mass is 9.45. The first-order valence-electron chi connectivity index (χ1n) is 13.9. The third kappa shape index (κ3) is 2.54. The Kier molecular flexibility index (Phi) is 4.55. The SMILES string of the molecule is CO[C@@H]1CC2C3CCC([C@H](C)CC4C(C)=C4C(C)C)[C@@]3(C)CCC2[C@@]2(C)CCC3CC312. The molecule has 0 heterocycles. The van der Waals surface area contributed by atoms with Gasteiger partial charge in [-0.2, -0.15) is 0 Å². The van der Waals surface area contributed by atoms with Crippen molar-refractivity contribution in [3.8, 4) is 0 Å². The van der Waals surface area contributed by atoms with Crippen LogP contribution in [0.5, 0.6) is 0 Å². The van der Waals surface area contributed by atoms with Crippen LogP contribution in [0.3, 0.4) is 0 Å². The molecule has 31 heavy (non-hydrogen) atoms. The van der Waals surface area contributed by atoms with E-state index in [1.54, 1.807) is 11.1 Å². The summed E-state index contributed by atoms with van der Waals surface area (Å²) in [6, 6.07) is 0. The smallest absolute Gasteiger partial charge is 0.0638 e. The standard InChI is InChI=1S/C30H48O/c1-17(2)27-19(4)21(27)14-18(3)23-8-9-24-22-15-26(31-7)30-16-20(30)10-13-29(30,6)25(22)11-12-28(23,24)5/h17-18,20-26H,8-16H2,1-7H3/t18-,20?,21?,22?,23?,24?,25?,26-,28-,29-,30?/m1/s1. The van der Waals surface area contributed by atoms with Gasteiger partial charge in [0.05, 0.1) is 6.10 Å². The average molecular weight is 425 g/mol. The van der Waals surface area contributed by atoms with Gasteiger partial charge in [0.25, 0.3) is 0 Å². The molecule has 1 heteroatoms. The van der Waals surface area contributed by atoms with Gasteiger partial charge in [-0.3, -0.25) is 0 Å². The first kappa shape index (κ1) is 21.2. The first-order chi connectivity index (χ1) is 14.7. The molecule has 174 valence electrons. The molecule has 6 rings (SSSR count). The van der Waals surface area contributed by atoms with E-state index in [2.05, 4.69) is 41.5 Å². The largest absolute Gasteiger partial charge is 0.381 e. The number of allylic oxidation sites excluding steroid dienone is 2. The van der Waals surface area contributed by atoms with Crippen molar-refractivity contribution in [3.63, 3.8) is 0 Å². The number of methoxy groups -OCH3 is 1. The number of hydrogen-bond acceptors (Lipinski definition) is 1. The van der Waals surface area contributed by atoms with Crippen LogP contribution >= 0.6 is 0 Å². The molecule has 0 radical (unpaired) electrons. The molecule has 0 aliphatic heterocycles. The summed E-state index contributed by atoms with van der Waals surface area (Å²) in [5.41, 5.74) is 5.27. The van der Waals surface area contributed by atoms with E-state index in [1.165, 1.54) is 57.8 Å². The summed E-state index contributed by atoms with van der Waals surface area (Å²) < 4.78 is 6.32. The lowest BCUT2D eigenvalue weighted by molar-refractivity contribution is -0.161. The molecule has 0 bridgehead atoms. The van der Waals surface area contributed by atoms with Crippen LogP contribution in [0.1, 0.15) is 99.3 Å². The summed E-state index contributed by atoms with van der Waals surface area (Å²) in [5, 5.41) is 0. The minimum atomic E-state index is 0.553. The Hall–Kier alpha value is -0.300. The number of fused-ring (bicyclic) bond motifs is 4. The summed E-state index contributed by atoms with van der Waals surface area (Å²) >= 11 is 0. The van der Waals surface area contributed by atoms with Gasteiger partial charge in [0.2, 0.25) is 0 Å². The van der Waals surface area contributed by atoms with Gasteiger partial charge in [-0.05, 0) is 117 Å². The van der Waals surface area contributed by atoms with E-state index in [-0.39, 0.29) is 0 Å². The van der Waals surface area contributed by atoms with Gasteiger partial charge in [-0.15, -0.1) is 0 Å². The highest BCUT2D eigenvalue weighted by Gasteiger charge is 2.77.